The van der Waals surface area contributed by atoms with Gasteiger partial charge < -0.3 is 10.2 Å². The number of hydrogen-bond acceptors (Lipinski definition) is 3. The Kier molecular flexibility index (Phi) is 1.15. The van der Waals surface area contributed by atoms with Crippen molar-refractivity contribution in [3.8, 4) is 11.5 Å². The van der Waals surface area contributed by atoms with E-state index in [9.17, 15) is 4.79 Å². The molecule has 0 unspecified atom stereocenters. The molecule has 0 saturated carbocycles. The average Bonchev–Trinajstić information content (AvgIpc) is 2.30. The predicted molar refractivity (Wildman–Crippen MR) is 37.5 cm³/mol. The second-order valence-electron chi connectivity index (χ2n) is 2.34. The molecule has 2 rings (SSSR count). The van der Waals surface area contributed by atoms with E-state index in [0.717, 1.165) is 0 Å². The van der Waals surface area contributed by atoms with Gasteiger partial charge in [-0.05, 0) is 0 Å². The summed E-state index contributed by atoms with van der Waals surface area (Å²) < 4.78 is 0. The molecule has 2 amide bonds. The molecule has 60 valence electrons. The lowest BCUT2D eigenvalue weighted by Gasteiger charge is -1.92. The Hall–Kier alpha value is -1.91. The van der Waals surface area contributed by atoms with Crippen molar-refractivity contribution in [2.24, 2.45) is 9.98 Å². The molecular formula is C7H4N2O3. The van der Waals surface area contributed by atoms with Crippen molar-refractivity contribution in [2.45, 2.75) is 0 Å². The van der Waals surface area contributed by atoms with Crippen LogP contribution >= 0.6 is 0 Å². The zero-order chi connectivity index (χ0) is 8.72. The standard InChI is InChI=1S/C7H4N2O3/c10-5-1-3-4(2-6(5)11)9-7(12)8-3/h1-2,10-11H. The Balaban J connectivity index is 2.89. The Morgan fingerprint density at radius 1 is 1.00 bits per heavy atom. The number of nitrogens with zero attached hydrogens (tertiary/aromatic N) is 2. The first-order valence-electron chi connectivity index (χ1n) is 3.20. The number of urea groups is 1. The van der Waals surface area contributed by atoms with Crippen molar-refractivity contribution >= 4 is 6.03 Å². The van der Waals surface area contributed by atoms with Gasteiger partial charge in [0.05, 0.1) is 10.7 Å². The van der Waals surface area contributed by atoms with Crippen LogP contribution in [-0.4, -0.2) is 16.2 Å². The minimum atomic E-state index is -0.616. The van der Waals surface area contributed by atoms with Gasteiger partial charge in [0, 0.05) is 12.1 Å². The average molecular weight is 164 g/mol. The Labute approximate surface area is 66.3 Å². The number of carbonyl (C=O) groups excluding carboxylic acids is 1. The van der Waals surface area contributed by atoms with Crippen LogP contribution in [0.3, 0.4) is 0 Å². The molecule has 1 aromatic carbocycles. The fraction of sp³-hybridized carbons (Fsp3) is 0. The number of carbonyl (C=O) groups is 1. The quantitative estimate of drug-likeness (QED) is 0.505. The maximum Gasteiger partial charge on any atom is 0.368 e. The van der Waals surface area contributed by atoms with Crippen molar-refractivity contribution in [1.29, 1.82) is 0 Å². The van der Waals surface area contributed by atoms with Crippen molar-refractivity contribution < 1.29 is 15.0 Å². The van der Waals surface area contributed by atoms with E-state index in [-0.39, 0.29) is 22.2 Å². The molecule has 0 bridgehead atoms. The largest absolute Gasteiger partial charge is 0.504 e. The van der Waals surface area contributed by atoms with E-state index in [1.807, 2.05) is 0 Å². The molecule has 0 saturated heterocycles. The first kappa shape index (κ1) is 6.78. The molecule has 1 heterocycles. The van der Waals surface area contributed by atoms with Gasteiger partial charge in [0.2, 0.25) is 0 Å². The fourth-order valence-corrected chi connectivity index (χ4v) is 0.965. The van der Waals surface area contributed by atoms with Crippen LogP contribution in [0.25, 0.3) is 0 Å². The third-order valence-corrected chi connectivity index (χ3v) is 1.50. The zero-order valence-electron chi connectivity index (χ0n) is 5.85. The van der Waals surface area contributed by atoms with Crippen LogP contribution in [0.4, 0.5) is 4.79 Å². The summed E-state index contributed by atoms with van der Waals surface area (Å²) >= 11 is 0. The number of phenolic OH excluding ortho intramolecular Hbond substituents is 2. The van der Waals surface area contributed by atoms with Crippen LogP contribution in [0.5, 0.6) is 11.5 Å². The summed E-state index contributed by atoms with van der Waals surface area (Å²) in [6.07, 6.45) is 0. The van der Waals surface area contributed by atoms with E-state index in [2.05, 4.69) is 9.98 Å². The molecule has 1 aliphatic rings. The third-order valence-electron chi connectivity index (χ3n) is 1.50. The van der Waals surface area contributed by atoms with E-state index in [1.165, 1.54) is 12.1 Å². The molecule has 1 aliphatic heterocycles. The highest BCUT2D eigenvalue weighted by Gasteiger charge is 2.07. The summed E-state index contributed by atoms with van der Waals surface area (Å²) in [5, 5.41) is 18.6. The van der Waals surface area contributed by atoms with Gasteiger partial charge in [0.25, 0.3) is 0 Å². The first-order valence-corrected chi connectivity index (χ1v) is 3.20. The lowest BCUT2D eigenvalue weighted by atomic mass is 10.3. The maximum atomic E-state index is 10.6. The maximum absolute atomic E-state index is 10.6. The third kappa shape index (κ3) is 0.833. The number of rotatable bonds is 0. The summed E-state index contributed by atoms with van der Waals surface area (Å²) in [5.74, 6) is -0.607. The minimum absolute atomic E-state index is 0.287. The molecule has 0 spiro atoms. The number of hydrogen-bond donors (Lipinski definition) is 2. The second-order valence-corrected chi connectivity index (χ2v) is 2.34. The lowest BCUT2D eigenvalue weighted by molar-refractivity contribution is 0.256. The molecule has 0 aromatic heterocycles. The van der Waals surface area contributed by atoms with E-state index in [1.54, 1.807) is 0 Å². The number of benzene rings is 1. The molecule has 5 heteroatoms. The molecule has 5 nitrogen and oxygen atoms in total. The van der Waals surface area contributed by atoms with Gasteiger partial charge in [-0.1, -0.05) is 0 Å². The summed E-state index contributed by atoms with van der Waals surface area (Å²) in [4.78, 5) is 17.6. The number of phenols is 2. The van der Waals surface area contributed by atoms with Gasteiger partial charge in [0.1, 0.15) is 0 Å². The minimum Gasteiger partial charge on any atom is -0.504 e. The SMILES string of the molecule is O=C1N=c2cc(O)c(O)cc2=N1. The highest BCUT2D eigenvalue weighted by atomic mass is 16.3. The van der Waals surface area contributed by atoms with Crippen LogP contribution in [0.2, 0.25) is 0 Å². The zero-order valence-corrected chi connectivity index (χ0v) is 5.85. The Morgan fingerprint density at radius 3 is 1.83 bits per heavy atom. The van der Waals surface area contributed by atoms with E-state index in [0.29, 0.717) is 0 Å². The van der Waals surface area contributed by atoms with Crippen LogP contribution in [-0.2, 0) is 0 Å². The fourth-order valence-electron chi connectivity index (χ4n) is 0.965. The molecule has 0 radical (unpaired) electrons. The summed E-state index contributed by atoms with van der Waals surface area (Å²) in [5.41, 5.74) is 0. The number of fused-ring (bicyclic) bond motifs is 1. The molecule has 0 fully saturated rings. The van der Waals surface area contributed by atoms with Crippen molar-refractivity contribution in [3.05, 3.63) is 22.8 Å². The number of aromatic hydroxyl groups is 2. The van der Waals surface area contributed by atoms with Crippen LogP contribution in [0, 0.1) is 0 Å². The second kappa shape index (κ2) is 2.04. The number of amides is 2. The van der Waals surface area contributed by atoms with Gasteiger partial charge >= 0.3 is 6.03 Å². The predicted octanol–water partition coefficient (Wildman–Crippen LogP) is -0.529. The molecule has 2 N–H and O–H groups in total. The van der Waals surface area contributed by atoms with E-state index in [4.69, 9.17) is 10.2 Å². The van der Waals surface area contributed by atoms with Crippen molar-refractivity contribution in [1.82, 2.24) is 0 Å². The molecular weight excluding hydrogens is 160 g/mol. The summed E-state index contributed by atoms with van der Waals surface area (Å²) in [6.45, 7) is 0. The highest BCUT2D eigenvalue weighted by Crippen LogP contribution is 2.18. The smallest absolute Gasteiger partial charge is 0.368 e. The Bertz CT molecular complexity index is 435. The highest BCUT2D eigenvalue weighted by molar-refractivity contribution is 5.77. The lowest BCUT2D eigenvalue weighted by Crippen LogP contribution is -2.20. The van der Waals surface area contributed by atoms with Crippen molar-refractivity contribution in [3.63, 3.8) is 0 Å². The van der Waals surface area contributed by atoms with Gasteiger partial charge in [-0.15, -0.1) is 0 Å². The topological polar surface area (TPSA) is 82.2 Å². The molecule has 1 aromatic rings. The van der Waals surface area contributed by atoms with Gasteiger partial charge in [0.15, 0.2) is 11.5 Å². The van der Waals surface area contributed by atoms with Crippen LogP contribution < -0.4 is 10.7 Å². The monoisotopic (exact) mass is 164 g/mol. The molecule has 12 heavy (non-hydrogen) atoms. The van der Waals surface area contributed by atoms with Gasteiger partial charge in [-0.3, -0.25) is 0 Å². The Morgan fingerprint density at radius 2 is 1.42 bits per heavy atom. The van der Waals surface area contributed by atoms with Gasteiger partial charge in [-0.25, -0.2) is 4.79 Å². The molecule has 0 atom stereocenters. The van der Waals surface area contributed by atoms with Gasteiger partial charge in [-0.2, -0.15) is 9.98 Å². The van der Waals surface area contributed by atoms with Crippen LogP contribution in [0.1, 0.15) is 0 Å². The summed E-state index contributed by atoms with van der Waals surface area (Å²) in [7, 11) is 0. The van der Waals surface area contributed by atoms with E-state index < -0.39 is 6.03 Å². The van der Waals surface area contributed by atoms with E-state index >= 15 is 0 Å². The normalized spacial score (nSPS) is 13.5. The molecule has 0 aliphatic carbocycles. The first-order chi connectivity index (χ1) is 5.66. The summed E-state index contributed by atoms with van der Waals surface area (Å²) in [6, 6.07) is 1.77. The van der Waals surface area contributed by atoms with Crippen LogP contribution in [0.15, 0.2) is 22.1 Å². The van der Waals surface area contributed by atoms with Crippen molar-refractivity contribution in [2.75, 3.05) is 0 Å².